The molecule has 12 aromatic heterocycles. The van der Waals surface area contributed by atoms with E-state index in [4.69, 9.17) is 0 Å². The fraction of sp³-hybridized carbons (Fsp3) is 0. The minimum Gasteiger partial charge on any atom is -0.355 e. The molecule has 0 amide bonds. The molecule has 0 unspecified atom stereocenters. The van der Waals surface area contributed by atoms with Gasteiger partial charge < -0.3 is 4.98 Å². The predicted octanol–water partition coefficient (Wildman–Crippen LogP) is 20.3. The highest BCUT2D eigenvalue weighted by molar-refractivity contribution is 6.07. The second-order valence-corrected chi connectivity index (χ2v) is 24.2. The first-order chi connectivity index (χ1) is 55.1. The summed E-state index contributed by atoms with van der Waals surface area (Å²) in [7, 11) is 0. The summed E-state index contributed by atoms with van der Waals surface area (Å²) in [4.78, 5) is 61.0. The van der Waals surface area contributed by atoms with Crippen LogP contribution in [0.15, 0.2) is 403 Å². The van der Waals surface area contributed by atoms with E-state index in [0.29, 0.717) is 5.65 Å². The van der Waals surface area contributed by atoms with Crippen molar-refractivity contribution in [3.63, 3.8) is 0 Å². The van der Waals surface area contributed by atoms with Gasteiger partial charge in [0.2, 0.25) is 0 Å². The van der Waals surface area contributed by atoms with Crippen molar-refractivity contribution in [2.45, 2.75) is 0 Å². The highest BCUT2D eigenvalue weighted by Crippen LogP contribution is 2.25. The zero-order valence-electron chi connectivity index (χ0n) is 59.7. The number of nitrogens with one attached hydrogen (secondary N) is 1. The van der Waals surface area contributed by atoms with Gasteiger partial charge in [-0.15, -0.1) is 0 Å². The molecule has 1 N–H and O–H groups in total. The van der Waals surface area contributed by atoms with Gasteiger partial charge in [-0.1, -0.05) is 194 Å². The Morgan fingerprint density at radius 2 is 0.577 bits per heavy atom. The van der Waals surface area contributed by atoms with E-state index in [0.717, 1.165) is 93.3 Å². The second-order valence-electron chi connectivity index (χ2n) is 24.2. The summed E-state index contributed by atoms with van der Waals surface area (Å²) in [6.07, 6.45) is 25.5. The van der Waals surface area contributed by atoms with Crippen LogP contribution in [0.25, 0.3) is 142 Å². The summed E-state index contributed by atoms with van der Waals surface area (Å²) in [5, 5.41) is 28.3. The molecule has 19 nitrogen and oxygen atoms in total. The Morgan fingerprint density at radius 3 is 1.11 bits per heavy atom. The Balaban J connectivity index is 0.000000103. The molecule has 0 aliphatic heterocycles. The van der Waals surface area contributed by atoms with Gasteiger partial charge in [0.25, 0.3) is 0 Å². The van der Waals surface area contributed by atoms with Gasteiger partial charge >= 0.3 is 0 Å². The summed E-state index contributed by atoms with van der Waals surface area (Å²) in [6.45, 7) is 0. The second kappa shape index (κ2) is 37.8. The number of rotatable bonds is 0. The summed E-state index contributed by atoms with van der Waals surface area (Å²) < 4.78 is 0. The number of nitrogens with zero attached hydrogens (tertiary/aromatic N) is 18. The summed E-state index contributed by atoms with van der Waals surface area (Å²) >= 11 is 0. The molecule has 19 heteroatoms. The lowest BCUT2D eigenvalue weighted by Crippen LogP contribution is -1.85. The standard InChI is InChI=1S/C13H9N.C12H8N2.C12H9N.C9H7N.5C8H6N2.C6H4N4/c1-3-7-12-10(5-1)9-11-6-2-4-8-13(11)14-12;1-2-6-10-9(5-1)13-11-7-3-4-8-12(11)14-10;1-3-7-11-9(5-1)10-6-2-4-8-12(10)13-11;1-2-4-9-7-10-6-5-8(9)3-1;1-3-7-4-2-6-10-8(7)9-5-1;1-2-4-8-7(3-1)5-9-6-10-8;1-2-4-8-6-10-9-5-7(8)3-1;1-2-4-8-7(3-1)9-5-6-10-8;1-2-4-8-7(3-1)5-6-9-10-8;1-2-9-6-5(8-1)3-7-4-10-6/h1-9H;1-8H;1-8,13H;1-7H;5*1-6H;1-4H. The number of hydrogen-bond acceptors (Lipinski definition) is 18. The first-order valence-corrected chi connectivity index (χ1v) is 35.3. The average Bonchev–Trinajstić information content (AvgIpc) is 1.76. The number of H-pyrrole nitrogens is 1. The van der Waals surface area contributed by atoms with E-state index in [9.17, 15) is 0 Å². The van der Waals surface area contributed by atoms with Crippen LogP contribution in [-0.2, 0) is 0 Å². The largest absolute Gasteiger partial charge is 0.355 e. The van der Waals surface area contributed by atoms with E-state index in [1.54, 1.807) is 68.3 Å². The Hall–Kier alpha value is -15.8. The number of aromatic nitrogens is 19. The van der Waals surface area contributed by atoms with Crippen molar-refractivity contribution in [3.8, 4) is 0 Å². The number of benzene rings is 11. The molecular weight excluding hydrogens is 1370 g/mol. The number of hydrogen-bond donors (Lipinski definition) is 1. The molecule has 0 fully saturated rings. The highest BCUT2D eigenvalue weighted by atomic mass is 15.1. The van der Waals surface area contributed by atoms with E-state index in [1.165, 1.54) is 49.7 Å². The topological polar surface area (TPSA) is 248 Å². The highest BCUT2D eigenvalue weighted by Gasteiger charge is 2.03. The van der Waals surface area contributed by atoms with Crippen molar-refractivity contribution in [3.05, 3.63) is 403 Å². The zero-order valence-corrected chi connectivity index (χ0v) is 59.7. The molecule has 12 heterocycles. The normalized spacial score (nSPS) is 10.3. The molecule has 111 heavy (non-hydrogen) atoms. The fourth-order valence-corrected chi connectivity index (χ4v) is 11.4. The lowest BCUT2D eigenvalue weighted by molar-refractivity contribution is 1.05. The van der Waals surface area contributed by atoms with Gasteiger partial charge in [-0.05, 0) is 126 Å². The number of pyridine rings is 4. The van der Waals surface area contributed by atoms with Crippen molar-refractivity contribution in [1.29, 1.82) is 0 Å². The Morgan fingerprint density at radius 1 is 0.189 bits per heavy atom. The fourth-order valence-electron chi connectivity index (χ4n) is 11.4. The van der Waals surface area contributed by atoms with E-state index in [1.807, 2.05) is 249 Å². The van der Waals surface area contributed by atoms with Crippen molar-refractivity contribution < 1.29 is 0 Å². The van der Waals surface area contributed by atoms with Crippen LogP contribution in [-0.4, -0.2) is 95.2 Å². The maximum Gasteiger partial charge on any atom is 0.181 e. The van der Waals surface area contributed by atoms with Crippen molar-refractivity contribution >= 4 is 142 Å². The van der Waals surface area contributed by atoms with Gasteiger partial charge in [-0.2, -0.15) is 20.4 Å². The van der Waals surface area contributed by atoms with Crippen LogP contribution in [0.4, 0.5) is 0 Å². The third kappa shape index (κ3) is 20.0. The molecule has 23 aromatic rings. The first-order valence-electron chi connectivity index (χ1n) is 35.3. The molecule has 0 saturated heterocycles. The molecule has 11 aromatic carbocycles. The summed E-state index contributed by atoms with van der Waals surface area (Å²) in [5.41, 5.74) is 14.4. The molecule has 0 spiro atoms. The molecule has 0 radical (unpaired) electrons. The minimum absolute atomic E-state index is 0.637. The zero-order chi connectivity index (χ0) is 75.1. The Kier molecular flexibility index (Phi) is 24.6. The molecular formula is C92H67N19. The quantitative estimate of drug-likeness (QED) is 0.139. The Bertz CT molecular complexity index is 5360. The molecule has 23 rings (SSSR count). The minimum atomic E-state index is 0.637. The molecule has 0 aliphatic carbocycles. The molecule has 0 aliphatic rings. The van der Waals surface area contributed by atoms with Gasteiger partial charge in [0.1, 0.15) is 18.2 Å². The molecule has 0 atom stereocenters. The molecule has 530 valence electrons. The number of aromatic amines is 1. The third-order valence-electron chi connectivity index (χ3n) is 16.8. The van der Waals surface area contributed by atoms with Gasteiger partial charge in [-0.25, -0.2) is 54.8 Å². The van der Waals surface area contributed by atoms with Crippen LogP contribution in [0.5, 0.6) is 0 Å². The van der Waals surface area contributed by atoms with E-state index in [2.05, 4.69) is 174 Å². The maximum atomic E-state index is 4.58. The van der Waals surface area contributed by atoms with Crippen LogP contribution < -0.4 is 0 Å². The van der Waals surface area contributed by atoms with Gasteiger partial charge in [0.05, 0.1) is 80.0 Å². The van der Waals surface area contributed by atoms with Crippen LogP contribution in [0, 0.1) is 0 Å². The number of para-hydroxylation sites is 11. The first kappa shape index (κ1) is 72.2. The Labute approximate surface area is 636 Å². The summed E-state index contributed by atoms with van der Waals surface area (Å²) in [6, 6.07) is 103. The van der Waals surface area contributed by atoms with Crippen LogP contribution in [0.3, 0.4) is 0 Å². The van der Waals surface area contributed by atoms with Crippen molar-refractivity contribution in [2.24, 2.45) is 0 Å². The van der Waals surface area contributed by atoms with Crippen LogP contribution in [0.1, 0.15) is 0 Å². The third-order valence-corrected chi connectivity index (χ3v) is 16.8. The van der Waals surface area contributed by atoms with Crippen LogP contribution >= 0.6 is 0 Å². The van der Waals surface area contributed by atoms with Crippen LogP contribution in [0.2, 0.25) is 0 Å². The van der Waals surface area contributed by atoms with Crippen molar-refractivity contribution in [1.82, 2.24) is 95.2 Å². The number of fused-ring (bicyclic) bond motifs is 14. The SMILES string of the molecule is c1ccc2c(c1)[nH]c1ccccc12.c1ccc2cnccc2c1.c1ccc2cnncc2c1.c1ccc2nc3ccccc3cc2c1.c1ccc2nc3ccccc3nc2c1.c1ccc2nccnc2c1.c1ccc2ncncc2c1.c1ccc2nnccc2c1.c1cnc2ncccc2c1.c1cnc2ncncc2n1. The predicted molar refractivity (Wildman–Crippen MR) is 447 cm³/mol. The summed E-state index contributed by atoms with van der Waals surface area (Å²) in [5.74, 6) is 0. The van der Waals surface area contributed by atoms with E-state index in [-0.39, 0.29) is 0 Å². The van der Waals surface area contributed by atoms with Crippen molar-refractivity contribution in [2.75, 3.05) is 0 Å². The molecule has 0 saturated carbocycles. The van der Waals surface area contributed by atoms with Gasteiger partial charge in [0, 0.05) is 115 Å². The van der Waals surface area contributed by atoms with Gasteiger partial charge in [-0.3, -0.25) is 15.0 Å². The lowest BCUT2D eigenvalue weighted by atomic mass is 10.1. The smallest absolute Gasteiger partial charge is 0.181 e. The maximum absolute atomic E-state index is 4.58. The van der Waals surface area contributed by atoms with E-state index < -0.39 is 0 Å². The lowest BCUT2D eigenvalue weighted by Gasteiger charge is -1.99. The molecule has 0 bridgehead atoms. The monoisotopic (exact) mass is 1440 g/mol. The van der Waals surface area contributed by atoms with Gasteiger partial charge in [0.15, 0.2) is 11.3 Å². The average molecular weight is 1440 g/mol. The van der Waals surface area contributed by atoms with E-state index >= 15 is 0 Å².